The van der Waals surface area contributed by atoms with Gasteiger partial charge in [-0.2, -0.15) is 18.3 Å². The highest BCUT2D eigenvalue weighted by atomic mass is 19.4. The molecule has 1 atom stereocenters. The standard InChI is InChI=1S/C12H13F3N4O2/c1-11(2,10(21)12(13,14)15)18-9(20)7-6-16-8-4-3-5-17-19(7)8/h3-6,10,21H,1-2H3,(H,18,20)/t10-/m0/s1. The molecule has 0 fully saturated rings. The van der Waals surface area contributed by atoms with Crippen molar-refractivity contribution in [3.63, 3.8) is 0 Å². The van der Waals surface area contributed by atoms with E-state index in [0.29, 0.717) is 5.65 Å². The van der Waals surface area contributed by atoms with Gasteiger partial charge in [0.05, 0.1) is 11.7 Å². The third-order valence-electron chi connectivity index (χ3n) is 2.94. The number of nitrogens with zero attached hydrogens (tertiary/aromatic N) is 3. The number of nitrogens with one attached hydrogen (secondary N) is 1. The van der Waals surface area contributed by atoms with E-state index >= 15 is 0 Å². The average molecular weight is 302 g/mol. The third-order valence-corrected chi connectivity index (χ3v) is 2.94. The maximum absolute atomic E-state index is 12.6. The van der Waals surface area contributed by atoms with E-state index < -0.39 is 23.7 Å². The van der Waals surface area contributed by atoms with Gasteiger partial charge in [0.15, 0.2) is 11.8 Å². The van der Waals surface area contributed by atoms with Crippen LogP contribution in [-0.4, -0.2) is 43.4 Å². The van der Waals surface area contributed by atoms with Crippen molar-refractivity contribution in [1.82, 2.24) is 19.9 Å². The lowest BCUT2D eigenvalue weighted by molar-refractivity contribution is -0.222. The molecule has 0 bridgehead atoms. The molecule has 0 saturated heterocycles. The molecule has 2 aromatic rings. The lowest BCUT2D eigenvalue weighted by Crippen LogP contribution is -2.57. The zero-order valence-electron chi connectivity index (χ0n) is 11.2. The summed E-state index contributed by atoms with van der Waals surface area (Å²) in [6, 6.07) is 3.21. The number of amides is 1. The van der Waals surface area contributed by atoms with Crippen LogP contribution >= 0.6 is 0 Å². The normalized spacial score (nSPS) is 14.2. The summed E-state index contributed by atoms with van der Waals surface area (Å²) in [5, 5.41) is 15.3. The molecule has 2 aromatic heterocycles. The predicted molar refractivity (Wildman–Crippen MR) is 66.6 cm³/mol. The second-order valence-corrected chi connectivity index (χ2v) is 5.06. The second kappa shape index (κ2) is 4.99. The minimum atomic E-state index is -4.84. The van der Waals surface area contributed by atoms with Gasteiger partial charge in [0, 0.05) is 6.20 Å². The zero-order valence-corrected chi connectivity index (χ0v) is 11.2. The zero-order chi connectivity index (χ0) is 15.8. The van der Waals surface area contributed by atoms with Gasteiger partial charge in [0.2, 0.25) is 0 Å². The average Bonchev–Trinajstić information content (AvgIpc) is 2.80. The number of alkyl halides is 3. The Morgan fingerprint density at radius 3 is 2.71 bits per heavy atom. The summed E-state index contributed by atoms with van der Waals surface area (Å²) >= 11 is 0. The van der Waals surface area contributed by atoms with Crippen molar-refractivity contribution < 1.29 is 23.1 Å². The number of fused-ring (bicyclic) bond motifs is 1. The third kappa shape index (κ3) is 2.97. The van der Waals surface area contributed by atoms with Crippen molar-refractivity contribution in [3.05, 3.63) is 30.2 Å². The molecule has 0 aromatic carbocycles. The smallest absolute Gasteiger partial charge is 0.382 e. The van der Waals surface area contributed by atoms with E-state index in [0.717, 1.165) is 13.8 Å². The van der Waals surface area contributed by atoms with Crippen LogP contribution in [-0.2, 0) is 0 Å². The molecule has 21 heavy (non-hydrogen) atoms. The number of rotatable bonds is 3. The Morgan fingerprint density at radius 1 is 1.43 bits per heavy atom. The minimum absolute atomic E-state index is 0.0203. The van der Waals surface area contributed by atoms with Crippen molar-refractivity contribution in [1.29, 1.82) is 0 Å². The number of hydrogen-bond acceptors (Lipinski definition) is 4. The Kier molecular flexibility index (Phi) is 3.62. The van der Waals surface area contributed by atoms with E-state index in [4.69, 9.17) is 0 Å². The van der Waals surface area contributed by atoms with E-state index in [-0.39, 0.29) is 5.69 Å². The van der Waals surface area contributed by atoms with Gasteiger partial charge in [-0.3, -0.25) is 4.79 Å². The largest absolute Gasteiger partial charge is 0.416 e. The summed E-state index contributed by atoms with van der Waals surface area (Å²) in [5.41, 5.74) is -1.53. The molecular weight excluding hydrogens is 289 g/mol. The summed E-state index contributed by atoms with van der Waals surface area (Å²) < 4.78 is 38.9. The molecule has 2 heterocycles. The van der Waals surface area contributed by atoms with Crippen LogP contribution in [0.3, 0.4) is 0 Å². The van der Waals surface area contributed by atoms with Gasteiger partial charge < -0.3 is 10.4 Å². The van der Waals surface area contributed by atoms with Crippen molar-refractivity contribution in [2.75, 3.05) is 0 Å². The molecule has 6 nitrogen and oxygen atoms in total. The van der Waals surface area contributed by atoms with Crippen molar-refractivity contribution in [2.45, 2.75) is 31.7 Å². The Bertz CT molecular complexity index is 666. The van der Waals surface area contributed by atoms with Crippen LogP contribution in [0.4, 0.5) is 13.2 Å². The topological polar surface area (TPSA) is 79.5 Å². The fourth-order valence-corrected chi connectivity index (χ4v) is 1.82. The molecule has 2 N–H and O–H groups in total. The SMILES string of the molecule is CC(C)(NC(=O)c1cnc2cccnn12)[C@H](O)C(F)(F)F. The fourth-order valence-electron chi connectivity index (χ4n) is 1.82. The maximum atomic E-state index is 12.6. The highest BCUT2D eigenvalue weighted by molar-refractivity contribution is 5.93. The van der Waals surface area contributed by atoms with E-state index in [1.54, 1.807) is 12.1 Å². The quantitative estimate of drug-likeness (QED) is 0.891. The molecule has 9 heteroatoms. The molecule has 0 aliphatic rings. The van der Waals surface area contributed by atoms with Crippen LogP contribution in [0, 0.1) is 0 Å². The Balaban J connectivity index is 2.25. The van der Waals surface area contributed by atoms with Gasteiger partial charge in [-0.15, -0.1) is 0 Å². The summed E-state index contributed by atoms with van der Waals surface area (Å²) in [4.78, 5) is 16.0. The van der Waals surface area contributed by atoms with Gasteiger partial charge in [0.25, 0.3) is 5.91 Å². The number of carbonyl (C=O) groups is 1. The number of halogens is 3. The number of aliphatic hydroxyl groups is 1. The number of carbonyl (C=O) groups excluding carboxylic acids is 1. The van der Waals surface area contributed by atoms with Crippen LogP contribution in [0.15, 0.2) is 24.5 Å². The molecule has 0 aliphatic carbocycles. The highest BCUT2D eigenvalue weighted by Gasteiger charge is 2.48. The Morgan fingerprint density at radius 2 is 2.10 bits per heavy atom. The molecule has 0 spiro atoms. The second-order valence-electron chi connectivity index (χ2n) is 5.06. The van der Waals surface area contributed by atoms with Crippen LogP contribution in [0.25, 0.3) is 5.65 Å². The van der Waals surface area contributed by atoms with Crippen LogP contribution in [0.2, 0.25) is 0 Å². The lowest BCUT2D eigenvalue weighted by Gasteiger charge is -2.32. The van der Waals surface area contributed by atoms with Gasteiger partial charge in [0.1, 0.15) is 5.69 Å². The summed E-state index contributed by atoms with van der Waals surface area (Å²) in [5.74, 6) is -0.811. The number of aliphatic hydroxyl groups excluding tert-OH is 1. The van der Waals surface area contributed by atoms with Gasteiger partial charge >= 0.3 is 6.18 Å². The van der Waals surface area contributed by atoms with Crippen LogP contribution in [0.1, 0.15) is 24.3 Å². The number of imidazole rings is 1. The Labute approximate surface area is 117 Å². The monoisotopic (exact) mass is 302 g/mol. The van der Waals surface area contributed by atoms with Crippen molar-refractivity contribution >= 4 is 11.6 Å². The lowest BCUT2D eigenvalue weighted by atomic mass is 9.96. The van der Waals surface area contributed by atoms with Crippen molar-refractivity contribution in [3.8, 4) is 0 Å². The molecule has 2 rings (SSSR count). The molecule has 0 radical (unpaired) electrons. The van der Waals surface area contributed by atoms with Gasteiger partial charge in [-0.1, -0.05) is 0 Å². The summed E-state index contributed by atoms with van der Waals surface area (Å²) in [7, 11) is 0. The first kappa shape index (κ1) is 15.2. The number of aromatic nitrogens is 3. The first-order valence-electron chi connectivity index (χ1n) is 5.99. The molecule has 114 valence electrons. The Hall–Kier alpha value is -2.16. The molecule has 0 unspecified atom stereocenters. The van der Waals surface area contributed by atoms with E-state index in [2.05, 4.69) is 15.4 Å². The minimum Gasteiger partial charge on any atom is -0.382 e. The van der Waals surface area contributed by atoms with E-state index in [1.165, 1.54) is 16.9 Å². The first-order valence-corrected chi connectivity index (χ1v) is 5.99. The van der Waals surface area contributed by atoms with Crippen LogP contribution < -0.4 is 5.32 Å². The van der Waals surface area contributed by atoms with E-state index in [9.17, 15) is 23.1 Å². The highest BCUT2D eigenvalue weighted by Crippen LogP contribution is 2.28. The fraction of sp³-hybridized carbons (Fsp3) is 0.417. The molecule has 1 amide bonds. The van der Waals surface area contributed by atoms with Crippen molar-refractivity contribution in [2.24, 2.45) is 0 Å². The number of hydrogen-bond donors (Lipinski definition) is 2. The maximum Gasteiger partial charge on any atom is 0.416 e. The van der Waals surface area contributed by atoms with Crippen LogP contribution in [0.5, 0.6) is 0 Å². The molecule has 0 aliphatic heterocycles. The summed E-state index contributed by atoms with van der Waals surface area (Å²) in [6.45, 7) is 2.17. The van der Waals surface area contributed by atoms with E-state index in [1.807, 2.05) is 0 Å². The summed E-state index contributed by atoms with van der Waals surface area (Å²) in [6.07, 6.45) is -4.91. The molecular formula is C12H13F3N4O2. The first-order chi connectivity index (χ1) is 9.63. The predicted octanol–water partition coefficient (Wildman–Crippen LogP) is 1.16. The van der Waals surface area contributed by atoms with Gasteiger partial charge in [-0.05, 0) is 26.0 Å². The van der Waals surface area contributed by atoms with Gasteiger partial charge in [-0.25, -0.2) is 9.50 Å². The molecule has 0 saturated carbocycles.